The molecule has 5 heteroatoms. The van der Waals surface area contributed by atoms with Crippen molar-refractivity contribution in [1.29, 1.82) is 0 Å². The number of nitrogens with zero attached hydrogens (tertiary/aromatic N) is 3. The standard InChI is InChI=1S/C49H29N3O2/c1-3-11-30(12-4-1)32-19-20-34-28-36(22-21-33(34)27-32)48-50-47(31-13-5-2-6-14-31)51-49(52-48)46-37(25-26-43-45(46)40-16-8-10-18-42(40)53-43)35-23-24-39-38-15-7-9-17-41(38)54-44(39)29-35/h1-29H. The second-order valence-electron chi connectivity index (χ2n) is 13.6. The summed E-state index contributed by atoms with van der Waals surface area (Å²) >= 11 is 0. The van der Waals surface area contributed by atoms with E-state index in [-0.39, 0.29) is 0 Å². The van der Waals surface area contributed by atoms with E-state index in [1.165, 1.54) is 11.1 Å². The zero-order chi connectivity index (χ0) is 35.6. The molecule has 0 saturated carbocycles. The minimum atomic E-state index is 0.565. The minimum Gasteiger partial charge on any atom is -0.456 e. The maximum Gasteiger partial charge on any atom is 0.165 e. The van der Waals surface area contributed by atoms with E-state index in [2.05, 4.69) is 97.1 Å². The second kappa shape index (κ2) is 12.1. The molecular weight excluding hydrogens is 663 g/mol. The van der Waals surface area contributed by atoms with Crippen LogP contribution in [0.25, 0.3) is 111 Å². The van der Waals surface area contributed by atoms with Crippen LogP contribution in [0.4, 0.5) is 0 Å². The van der Waals surface area contributed by atoms with E-state index in [0.717, 1.165) is 82.5 Å². The molecule has 0 fully saturated rings. The van der Waals surface area contributed by atoms with Crippen molar-refractivity contribution >= 4 is 54.6 Å². The summed E-state index contributed by atoms with van der Waals surface area (Å²) in [5.41, 5.74) is 10.3. The topological polar surface area (TPSA) is 65.0 Å². The normalized spacial score (nSPS) is 11.7. The van der Waals surface area contributed by atoms with Gasteiger partial charge in [0.25, 0.3) is 0 Å². The van der Waals surface area contributed by atoms with E-state index in [4.69, 9.17) is 23.8 Å². The zero-order valence-electron chi connectivity index (χ0n) is 28.9. The Morgan fingerprint density at radius 2 is 0.870 bits per heavy atom. The van der Waals surface area contributed by atoms with Crippen molar-refractivity contribution in [2.75, 3.05) is 0 Å². The maximum atomic E-state index is 6.45. The second-order valence-corrected chi connectivity index (χ2v) is 13.6. The summed E-state index contributed by atoms with van der Waals surface area (Å²) in [6.45, 7) is 0. The SMILES string of the molecule is c1ccc(-c2ccc3cc(-c4nc(-c5ccccc5)nc(-c5c(-c6ccc7c(c6)oc6ccccc67)ccc6oc7ccccc7c56)n4)ccc3c2)cc1. The molecule has 11 rings (SSSR count). The van der Waals surface area contributed by atoms with Crippen LogP contribution < -0.4 is 0 Å². The van der Waals surface area contributed by atoms with Gasteiger partial charge in [0, 0.05) is 38.2 Å². The highest BCUT2D eigenvalue weighted by atomic mass is 16.3. The number of rotatable bonds is 5. The van der Waals surface area contributed by atoms with E-state index in [0.29, 0.717) is 17.5 Å². The number of fused-ring (bicyclic) bond motifs is 7. The fourth-order valence-electron chi connectivity index (χ4n) is 7.71. The lowest BCUT2D eigenvalue weighted by atomic mass is 9.94. The van der Waals surface area contributed by atoms with Crippen LogP contribution >= 0.6 is 0 Å². The molecule has 0 unspecified atom stereocenters. The summed E-state index contributed by atoms with van der Waals surface area (Å²) in [6, 6.07) is 60.5. The van der Waals surface area contributed by atoms with E-state index >= 15 is 0 Å². The van der Waals surface area contributed by atoms with E-state index < -0.39 is 0 Å². The largest absolute Gasteiger partial charge is 0.456 e. The molecule has 252 valence electrons. The van der Waals surface area contributed by atoms with Gasteiger partial charge in [-0.1, -0.05) is 127 Å². The Bertz CT molecular complexity index is 3220. The van der Waals surface area contributed by atoms with Gasteiger partial charge < -0.3 is 8.83 Å². The highest BCUT2D eigenvalue weighted by molar-refractivity contribution is 6.16. The summed E-state index contributed by atoms with van der Waals surface area (Å²) in [4.78, 5) is 15.7. The molecule has 0 aliphatic carbocycles. The first-order chi connectivity index (χ1) is 26.7. The summed E-state index contributed by atoms with van der Waals surface area (Å²) in [6.07, 6.45) is 0. The lowest BCUT2D eigenvalue weighted by molar-refractivity contribution is 0.669. The van der Waals surface area contributed by atoms with Gasteiger partial charge in [0.05, 0.1) is 0 Å². The Balaban J connectivity index is 1.16. The third-order valence-electron chi connectivity index (χ3n) is 10.3. The number of hydrogen-bond donors (Lipinski definition) is 0. The molecule has 8 aromatic carbocycles. The van der Waals surface area contributed by atoms with Crippen LogP contribution in [-0.2, 0) is 0 Å². The Morgan fingerprint density at radius 3 is 1.65 bits per heavy atom. The van der Waals surface area contributed by atoms with Gasteiger partial charge in [-0.2, -0.15) is 0 Å². The Morgan fingerprint density at radius 1 is 0.315 bits per heavy atom. The summed E-state index contributed by atoms with van der Waals surface area (Å²) in [7, 11) is 0. The average Bonchev–Trinajstić information content (AvgIpc) is 3.81. The predicted octanol–water partition coefficient (Wildman–Crippen LogP) is 13.2. The number of para-hydroxylation sites is 2. The van der Waals surface area contributed by atoms with Crippen LogP contribution in [-0.4, -0.2) is 15.0 Å². The minimum absolute atomic E-state index is 0.565. The van der Waals surface area contributed by atoms with Crippen LogP contribution in [0.3, 0.4) is 0 Å². The van der Waals surface area contributed by atoms with Gasteiger partial charge in [0.2, 0.25) is 0 Å². The first-order valence-corrected chi connectivity index (χ1v) is 18.0. The molecular formula is C49H29N3O2. The number of furan rings is 2. The average molecular weight is 692 g/mol. The van der Waals surface area contributed by atoms with Crippen LogP contribution in [0.1, 0.15) is 0 Å². The third-order valence-corrected chi connectivity index (χ3v) is 10.3. The van der Waals surface area contributed by atoms with Crippen molar-refractivity contribution in [2.24, 2.45) is 0 Å². The predicted molar refractivity (Wildman–Crippen MR) is 219 cm³/mol. The number of benzene rings is 8. The van der Waals surface area contributed by atoms with Crippen LogP contribution in [0.5, 0.6) is 0 Å². The molecule has 0 aliphatic heterocycles. The van der Waals surface area contributed by atoms with Gasteiger partial charge in [-0.05, 0) is 81.6 Å². The van der Waals surface area contributed by atoms with Crippen LogP contribution in [0.2, 0.25) is 0 Å². The number of hydrogen-bond acceptors (Lipinski definition) is 5. The molecule has 0 saturated heterocycles. The molecule has 11 aromatic rings. The van der Waals surface area contributed by atoms with Gasteiger partial charge in [0.15, 0.2) is 17.5 Å². The first kappa shape index (κ1) is 30.3. The Hall–Kier alpha value is -7.37. The maximum absolute atomic E-state index is 6.45. The monoisotopic (exact) mass is 691 g/mol. The van der Waals surface area contributed by atoms with Crippen molar-refractivity contribution in [3.05, 3.63) is 176 Å². The van der Waals surface area contributed by atoms with Crippen molar-refractivity contribution in [3.8, 4) is 56.4 Å². The van der Waals surface area contributed by atoms with Crippen molar-refractivity contribution in [3.63, 3.8) is 0 Å². The van der Waals surface area contributed by atoms with Gasteiger partial charge in [-0.3, -0.25) is 0 Å². The summed E-state index contributed by atoms with van der Waals surface area (Å²) in [5.74, 6) is 1.75. The lowest BCUT2D eigenvalue weighted by Gasteiger charge is -2.14. The van der Waals surface area contributed by atoms with E-state index in [1.807, 2.05) is 78.9 Å². The molecule has 0 aliphatic rings. The fraction of sp³-hybridized carbons (Fsp3) is 0. The molecule has 0 radical (unpaired) electrons. The van der Waals surface area contributed by atoms with Crippen LogP contribution in [0.15, 0.2) is 185 Å². The highest BCUT2D eigenvalue weighted by Gasteiger charge is 2.23. The smallest absolute Gasteiger partial charge is 0.165 e. The van der Waals surface area contributed by atoms with Gasteiger partial charge >= 0.3 is 0 Å². The van der Waals surface area contributed by atoms with Gasteiger partial charge in [-0.15, -0.1) is 0 Å². The molecule has 54 heavy (non-hydrogen) atoms. The first-order valence-electron chi connectivity index (χ1n) is 18.0. The van der Waals surface area contributed by atoms with Crippen LogP contribution in [0, 0.1) is 0 Å². The van der Waals surface area contributed by atoms with Gasteiger partial charge in [0.1, 0.15) is 22.3 Å². The molecule has 5 nitrogen and oxygen atoms in total. The molecule has 0 N–H and O–H groups in total. The molecule has 0 atom stereocenters. The summed E-state index contributed by atoms with van der Waals surface area (Å²) in [5, 5.41) is 6.38. The zero-order valence-corrected chi connectivity index (χ0v) is 28.9. The Labute approximate surface area is 309 Å². The molecule has 0 amide bonds. The van der Waals surface area contributed by atoms with E-state index in [9.17, 15) is 0 Å². The fourth-order valence-corrected chi connectivity index (χ4v) is 7.71. The molecule has 3 aromatic heterocycles. The number of aromatic nitrogens is 3. The van der Waals surface area contributed by atoms with Crippen molar-refractivity contribution in [2.45, 2.75) is 0 Å². The molecule has 0 spiro atoms. The van der Waals surface area contributed by atoms with Crippen molar-refractivity contribution < 1.29 is 8.83 Å². The summed E-state index contributed by atoms with van der Waals surface area (Å²) < 4.78 is 12.8. The van der Waals surface area contributed by atoms with Gasteiger partial charge in [-0.25, -0.2) is 15.0 Å². The highest BCUT2D eigenvalue weighted by Crippen LogP contribution is 2.43. The molecule has 3 heterocycles. The van der Waals surface area contributed by atoms with E-state index in [1.54, 1.807) is 0 Å². The quantitative estimate of drug-likeness (QED) is 0.180. The lowest BCUT2D eigenvalue weighted by Crippen LogP contribution is -2.01. The van der Waals surface area contributed by atoms with Crippen molar-refractivity contribution in [1.82, 2.24) is 15.0 Å². The molecule has 0 bridgehead atoms. The third kappa shape index (κ3) is 4.98. The Kier molecular flexibility index (Phi) is 6.79.